The van der Waals surface area contributed by atoms with E-state index < -0.39 is 11.5 Å². The molecule has 21 heavy (non-hydrogen) atoms. The fourth-order valence-corrected chi connectivity index (χ4v) is 2.66. The van der Waals surface area contributed by atoms with E-state index in [0.29, 0.717) is 26.0 Å². The lowest BCUT2D eigenvalue weighted by atomic mass is 9.90. The number of carboxylic acid groups (broad SMARTS) is 1. The van der Waals surface area contributed by atoms with Crippen LogP contribution in [0.2, 0.25) is 0 Å². The highest BCUT2D eigenvalue weighted by Crippen LogP contribution is 2.18. The number of ether oxygens (including phenoxy) is 1. The van der Waals surface area contributed by atoms with Crippen LogP contribution in [0.25, 0.3) is 0 Å². The molecule has 0 aliphatic carbocycles. The van der Waals surface area contributed by atoms with Gasteiger partial charge in [0.2, 0.25) is 0 Å². The number of carbonyl (C=O) groups is 1. The Morgan fingerprint density at radius 1 is 1.19 bits per heavy atom. The van der Waals surface area contributed by atoms with Gasteiger partial charge in [-0.25, -0.2) is 0 Å². The Balaban J connectivity index is 3.91. The Morgan fingerprint density at radius 2 is 1.90 bits per heavy atom. The van der Waals surface area contributed by atoms with Gasteiger partial charge in [-0.2, -0.15) is 0 Å². The van der Waals surface area contributed by atoms with Gasteiger partial charge in [-0.3, -0.25) is 4.79 Å². The fraction of sp³-hybridized carbons (Fsp3) is 0.941. The van der Waals surface area contributed by atoms with Gasteiger partial charge in [0.15, 0.2) is 0 Å². The maximum absolute atomic E-state index is 11.5. The predicted molar refractivity (Wildman–Crippen MR) is 87.7 cm³/mol. The molecular weight excluding hydrogens is 266 g/mol. The average molecular weight is 301 g/mol. The maximum atomic E-state index is 11.5. The zero-order valence-electron chi connectivity index (χ0n) is 14.4. The number of nitrogens with one attached hydrogen (secondary N) is 1. The van der Waals surface area contributed by atoms with Crippen LogP contribution in [0, 0.1) is 0 Å². The van der Waals surface area contributed by atoms with Crippen molar-refractivity contribution in [3.05, 3.63) is 0 Å². The van der Waals surface area contributed by atoms with E-state index in [1.54, 1.807) is 0 Å². The molecule has 2 unspecified atom stereocenters. The second-order valence-corrected chi connectivity index (χ2v) is 5.91. The number of hydrogen-bond acceptors (Lipinski definition) is 3. The van der Waals surface area contributed by atoms with E-state index in [1.165, 1.54) is 25.7 Å². The summed E-state index contributed by atoms with van der Waals surface area (Å²) in [7, 11) is 0. The molecular formula is C17H35NO3. The van der Waals surface area contributed by atoms with Crippen LogP contribution in [0.5, 0.6) is 0 Å². The fourth-order valence-electron chi connectivity index (χ4n) is 2.66. The standard InChI is InChI=1S/C17H35NO3/c1-5-8-9-10-12-15(4)21-14-11-13-17(6-2,16(19)20)18-7-3/h15,18H,5-14H2,1-4H3,(H,19,20). The molecule has 0 aromatic rings. The summed E-state index contributed by atoms with van der Waals surface area (Å²) in [5.41, 5.74) is -0.789. The molecule has 0 spiro atoms. The minimum absolute atomic E-state index is 0.279. The van der Waals surface area contributed by atoms with Crippen LogP contribution in [-0.4, -0.2) is 35.9 Å². The summed E-state index contributed by atoms with van der Waals surface area (Å²) in [5.74, 6) is -0.750. The average Bonchev–Trinajstić information content (AvgIpc) is 2.46. The van der Waals surface area contributed by atoms with Gasteiger partial charge in [-0.05, 0) is 39.2 Å². The van der Waals surface area contributed by atoms with Crippen molar-refractivity contribution in [3.63, 3.8) is 0 Å². The third kappa shape index (κ3) is 8.42. The van der Waals surface area contributed by atoms with E-state index in [4.69, 9.17) is 4.74 Å². The topological polar surface area (TPSA) is 58.6 Å². The van der Waals surface area contributed by atoms with Gasteiger partial charge in [0.25, 0.3) is 0 Å². The number of hydrogen-bond donors (Lipinski definition) is 2. The normalized spacial score (nSPS) is 15.6. The first-order valence-electron chi connectivity index (χ1n) is 8.62. The third-order valence-corrected chi connectivity index (χ3v) is 4.14. The number of carboxylic acids is 1. The lowest BCUT2D eigenvalue weighted by Crippen LogP contribution is -2.51. The van der Waals surface area contributed by atoms with Crippen LogP contribution in [0.4, 0.5) is 0 Å². The Morgan fingerprint density at radius 3 is 2.43 bits per heavy atom. The van der Waals surface area contributed by atoms with Crippen molar-refractivity contribution in [1.82, 2.24) is 5.32 Å². The number of aliphatic carboxylic acids is 1. The molecule has 0 aliphatic rings. The van der Waals surface area contributed by atoms with Gasteiger partial charge in [0, 0.05) is 6.61 Å². The predicted octanol–water partition coefficient (Wildman–Crippen LogP) is 3.99. The molecule has 0 aliphatic heterocycles. The molecule has 126 valence electrons. The van der Waals surface area contributed by atoms with Crippen LogP contribution >= 0.6 is 0 Å². The SMILES string of the molecule is CCCCCCC(C)OCCCC(CC)(NCC)C(=O)O. The Labute approximate surface area is 130 Å². The highest BCUT2D eigenvalue weighted by Gasteiger charge is 2.34. The summed E-state index contributed by atoms with van der Waals surface area (Å²) in [4.78, 5) is 11.5. The van der Waals surface area contributed by atoms with E-state index in [9.17, 15) is 9.90 Å². The first kappa shape index (κ1) is 20.4. The second kappa shape index (κ2) is 12.0. The Kier molecular flexibility index (Phi) is 11.6. The molecule has 0 fully saturated rings. The summed E-state index contributed by atoms with van der Waals surface area (Å²) >= 11 is 0. The molecule has 0 radical (unpaired) electrons. The monoisotopic (exact) mass is 301 g/mol. The van der Waals surface area contributed by atoms with E-state index >= 15 is 0 Å². The second-order valence-electron chi connectivity index (χ2n) is 5.91. The van der Waals surface area contributed by atoms with Gasteiger partial charge in [-0.15, -0.1) is 0 Å². The van der Waals surface area contributed by atoms with Gasteiger partial charge < -0.3 is 15.2 Å². The smallest absolute Gasteiger partial charge is 0.323 e. The van der Waals surface area contributed by atoms with Crippen LogP contribution < -0.4 is 5.32 Å². The molecule has 0 aromatic heterocycles. The highest BCUT2D eigenvalue weighted by molar-refractivity contribution is 5.78. The number of unbranched alkanes of at least 4 members (excludes halogenated alkanes) is 3. The first-order valence-corrected chi connectivity index (χ1v) is 8.62. The van der Waals surface area contributed by atoms with Gasteiger partial charge >= 0.3 is 5.97 Å². The molecule has 2 N–H and O–H groups in total. The zero-order valence-corrected chi connectivity index (χ0v) is 14.4. The van der Waals surface area contributed by atoms with Crippen molar-refractivity contribution < 1.29 is 14.6 Å². The molecule has 0 rings (SSSR count). The largest absolute Gasteiger partial charge is 0.480 e. The number of likely N-dealkylation sites (N-methyl/N-ethyl adjacent to an activating group) is 1. The first-order chi connectivity index (χ1) is 10.0. The van der Waals surface area contributed by atoms with Crippen molar-refractivity contribution in [2.75, 3.05) is 13.2 Å². The van der Waals surface area contributed by atoms with Crippen LogP contribution in [0.1, 0.15) is 79.1 Å². The minimum Gasteiger partial charge on any atom is -0.480 e. The lowest BCUT2D eigenvalue weighted by molar-refractivity contribution is -0.145. The molecule has 0 saturated heterocycles. The van der Waals surface area contributed by atoms with Gasteiger partial charge in [-0.1, -0.05) is 46.5 Å². The Bertz CT molecular complexity index is 271. The summed E-state index contributed by atoms with van der Waals surface area (Å²) in [6, 6.07) is 0. The summed E-state index contributed by atoms with van der Waals surface area (Å²) < 4.78 is 5.80. The summed E-state index contributed by atoms with van der Waals surface area (Å²) in [6.07, 6.45) is 8.45. The van der Waals surface area contributed by atoms with Crippen molar-refractivity contribution in [2.45, 2.75) is 90.7 Å². The third-order valence-electron chi connectivity index (χ3n) is 4.14. The van der Waals surface area contributed by atoms with E-state index in [0.717, 1.165) is 12.8 Å². The maximum Gasteiger partial charge on any atom is 0.323 e. The summed E-state index contributed by atoms with van der Waals surface area (Å²) in [6.45, 7) is 9.52. The molecule has 0 heterocycles. The van der Waals surface area contributed by atoms with E-state index in [1.807, 2.05) is 13.8 Å². The van der Waals surface area contributed by atoms with Crippen LogP contribution in [0.15, 0.2) is 0 Å². The molecule has 0 bridgehead atoms. The van der Waals surface area contributed by atoms with E-state index in [-0.39, 0.29) is 6.10 Å². The lowest BCUT2D eigenvalue weighted by Gasteiger charge is -2.29. The minimum atomic E-state index is -0.789. The zero-order chi connectivity index (χ0) is 16.1. The molecule has 2 atom stereocenters. The van der Waals surface area contributed by atoms with Crippen molar-refractivity contribution in [1.29, 1.82) is 0 Å². The molecule has 0 aromatic carbocycles. The number of rotatable bonds is 14. The van der Waals surface area contributed by atoms with Gasteiger partial charge in [0.05, 0.1) is 6.10 Å². The van der Waals surface area contributed by atoms with E-state index in [2.05, 4.69) is 19.2 Å². The van der Waals surface area contributed by atoms with Gasteiger partial charge in [0.1, 0.15) is 5.54 Å². The van der Waals surface area contributed by atoms with Crippen LogP contribution in [-0.2, 0) is 9.53 Å². The van der Waals surface area contributed by atoms with Crippen molar-refractivity contribution in [3.8, 4) is 0 Å². The molecule has 0 amide bonds. The van der Waals surface area contributed by atoms with Crippen molar-refractivity contribution >= 4 is 5.97 Å². The highest BCUT2D eigenvalue weighted by atomic mass is 16.5. The molecule has 4 nitrogen and oxygen atoms in total. The summed E-state index contributed by atoms with van der Waals surface area (Å²) in [5, 5.41) is 12.6. The van der Waals surface area contributed by atoms with Crippen LogP contribution in [0.3, 0.4) is 0 Å². The molecule has 0 saturated carbocycles. The quantitative estimate of drug-likeness (QED) is 0.476. The Hall–Kier alpha value is -0.610. The van der Waals surface area contributed by atoms with Crippen molar-refractivity contribution in [2.24, 2.45) is 0 Å². The molecule has 4 heteroatoms.